The van der Waals surface area contributed by atoms with Crippen molar-refractivity contribution in [1.29, 1.82) is 0 Å². The predicted octanol–water partition coefficient (Wildman–Crippen LogP) is 4.52. The van der Waals surface area contributed by atoms with Gasteiger partial charge >= 0.3 is 0 Å². The minimum atomic E-state index is 0.768. The van der Waals surface area contributed by atoms with Gasteiger partial charge in [0.1, 0.15) is 0 Å². The number of pyridine rings is 2. The third-order valence-electron chi connectivity index (χ3n) is 6.23. The molecule has 3 aromatic heterocycles. The van der Waals surface area contributed by atoms with Gasteiger partial charge in [-0.25, -0.2) is 4.98 Å². The van der Waals surface area contributed by atoms with Crippen LogP contribution in [0, 0.1) is 6.92 Å². The Balaban J connectivity index is 1.32. The highest BCUT2D eigenvalue weighted by atomic mass is 32.1. The van der Waals surface area contributed by atoms with Gasteiger partial charge in [-0.15, -0.1) is 0 Å². The molecule has 0 radical (unpaired) electrons. The van der Waals surface area contributed by atoms with E-state index in [0.717, 1.165) is 45.7 Å². The maximum Gasteiger partial charge on any atom is 0.188 e. The molecule has 28 heavy (non-hydrogen) atoms. The van der Waals surface area contributed by atoms with Crippen LogP contribution >= 0.6 is 11.3 Å². The van der Waals surface area contributed by atoms with Gasteiger partial charge in [-0.05, 0) is 63.4 Å². The van der Waals surface area contributed by atoms with Crippen LogP contribution in [0.3, 0.4) is 0 Å². The van der Waals surface area contributed by atoms with E-state index in [1.165, 1.54) is 50.8 Å². The standard InChI is InChI=1S/C22H27N5S/c1-16-5-8-23-15-19(16)17-13-20-21(24-14-17)25-22(28-20)27-11-6-18(7-12-27)26-9-3-2-4-10-26/h5,8,13-15,18H,2-4,6-7,9-12H2,1H3. The van der Waals surface area contributed by atoms with Crippen LogP contribution in [0.1, 0.15) is 37.7 Å². The van der Waals surface area contributed by atoms with E-state index in [4.69, 9.17) is 4.98 Å². The fourth-order valence-corrected chi connectivity index (χ4v) is 5.58. The van der Waals surface area contributed by atoms with E-state index in [-0.39, 0.29) is 0 Å². The van der Waals surface area contributed by atoms with Gasteiger partial charge in [-0.1, -0.05) is 17.8 Å². The van der Waals surface area contributed by atoms with Gasteiger partial charge in [0.2, 0.25) is 0 Å². The number of thiazole rings is 1. The first-order chi connectivity index (χ1) is 13.8. The Bertz CT molecular complexity index is 954. The number of hydrogen-bond donors (Lipinski definition) is 0. The molecule has 0 amide bonds. The van der Waals surface area contributed by atoms with Crippen LogP contribution in [-0.4, -0.2) is 52.1 Å². The van der Waals surface area contributed by atoms with Crippen molar-refractivity contribution in [3.63, 3.8) is 0 Å². The minimum Gasteiger partial charge on any atom is -0.348 e. The van der Waals surface area contributed by atoms with E-state index in [2.05, 4.69) is 32.8 Å². The van der Waals surface area contributed by atoms with Crippen LogP contribution < -0.4 is 4.90 Å². The van der Waals surface area contributed by atoms with Crippen LogP contribution in [0.4, 0.5) is 5.13 Å². The lowest BCUT2D eigenvalue weighted by Crippen LogP contribution is -2.46. The molecule has 3 aromatic rings. The number of anilines is 1. The predicted molar refractivity (Wildman–Crippen MR) is 116 cm³/mol. The molecule has 146 valence electrons. The third kappa shape index (κ3) is 3.51. The van der Waals surface area contributed by atoms with Crippen molar-refractivity contribution in [2.45, 2.75) is 45.1 Å². The second-order valence-electron chi connectivity index (χ2n) is 8.05. The van der Waals surface area contributed by atoms with Crippen molar-refractivity contribution in [2.24, 2.45) is 0 Å². The maximum absolute atomic E-state index is 4.84. The van der Waals surface area contributed by atoms with E-state index < -0.39 is 0 Å². The lowest BCUT2D eigenvalue weighted by Gasteiger charge is -2.40. The van der Waals surface area contributed by atoms with E-state index in [9.17, 15) is 0 Å². The molecule has 0 N–H and O–H groups in total. The number of likely N-dealkylation sites (tertiary alicyclic amines) is 1. The van der Waals surface area contributed by atoms with E-state index >= 15 is 0 Å². The van der Waals surface area contributed by atoms with Crippen molar-refractivity contribution >= 4 is 26.8 Å². The zero-order valence-electron chi connectivity index (χ0n) is 16.5. The largest absolute Gasteiger partial charge is 0.348 e. The summed E-state index contributed by atoms with van der Waals surface area (Å²) in [4.78, 5) is 18.9. The molecule has 0 spiro atoms. The zero-order valence-corrected chi connectivity index (χ0v) is 17.3. The van der Waals surface area contributed by atoms with Crippen LogP contribution in [0.2, 0.25) is 0 Å². The van der Waals surface area contributed by atoms with Crippen molar-refractivity contribution in [2.75, 3.05) is 31.1 Å². The number of fused-ring (bicyclic) bond motifs is 1. The summed E-state index contributed by atoms with van der Waals surface area (Å²) in [5, 5.41) is 1.12. The number of aromatic nitrogens is 3. The molecule has 2 fully saturated rings. The Morgan fingerprint density at radius 1 is 1.04 bits per heavy atom. The van der Waals surface area contributed by atoms with Gasteiger partial charge in [-0.2, -0.15) is 4.98 Å². The first kappa shape index (κ1) is 18.0. The van der Waals surface area contributed by atoms with Gasteiger partial charge in [-0.3, -0.25) is 4.98 Å². The average Bonchev–Trinajstić information content (AvgIpc) is 3.18. The first-order valence-corrected chi connectivity index (χ1v) is 11.3. The molecular formula is C22H27N5S. The second-order valence-corrected chi connectivity index (χ2v) is 9.06. The first-order valence-electron chi connectivity index (χ1n) is 10.4. The van der Waals surface area contributed by atoms with E-state index in [0.29, 0.717) is 0 Å². The Labute approximate surface area is 170 Å². The van der Waals surface area contributed by atoms with Gasteiger partial charge in [0.15, 0.2) is 10.8 Å². The monoisotopic (exact) mass is 393 g/mol. The summed E-state index contributed by atoms with van der Waals surface area (Å²) in [6.45, 7) is 6.93. The molecule has 0 aliphatic carbocycles. The van der Waals surface area contributed by atoms with Crippen LogP contribution in [0.15, 0.2) is 30.7 Å². The topological polar surface area (TPSA) is 45.2 Å². The maximum atomic E-state index is 4.84. The molecule has 5 rings (SSSR count). The number of nitrogens with zero attached hydrogens (tertiary/aromatic N) is 5. The quantitative estimate of drug-likeness (QED) is 0.655. The van der Waals surface area contributed by atoms with Crippen molar-refractivity contribution < 1.29 is 0 Å². The van der Waals surface area contributed by atoms with Crippen LogP contribution in [-0.2, 0) is 0 Å². The lowest BCUT2D eigenvalue weighted by molar-refractivity contribution is 0.141. The summed E-state index contributed by atoms with van der Waals surface area (Å²) < 4.78 is 1.16. The normalized spacial score (nSPS) is 19.4. The molecule has 0 bridgehead atoms. The SMILES string of the molecule is Cc1ccncc1-c1cnc2nc(N3CCC(N4CCCCC4)CC3)sc2c1. The Hall–Kier alpha value is -2.05. The molecular weight excluding hydrogens is 366 g/mol. The lowest BCUT2D eigenvalue weighted by atomic mass is 10.0. The fraction of sp³-hybridized carbons (Fsp3) is 0.500. The van der Waals surface area contributed by atoms with Crippen molar-refractivity contribution in [3.8, 4) is 11.1 Å². The zero-order chi connectivity index (χ0) is 18.9. The molecule has 0 aromatic carbocycles. The third-order valence-corrected chi connectivity index (χ3v) is 7.28. The van der Waals surface area contributed by atoms with E-state index in [1.807, 2.05) is 24.7 Å². The summed E-state index contributed by atoms with van der Waals surface area (Å²) in [5.41, 5.74) is 4.36. The molecule has 0 saturated carbocycles. The fourth-order valence-electron chi connectivity index (χ4n) is 4.56. The second kappa shape index (κ2) is 7.76. The van der Waals surface area contributed by atoms with Crippen molar-refractivity contribution in [1.82, 2.24) is 19.9 Å². The Morgan fingerprint density at radius 3 is 2.64 bits per heavy atom. The highest BCUT2D eigenvalue weighted by Crippen LogP contribution is 2.33. The number of hydrogen-bond acceptors (Lipinski definition) is 6. The highest BCUT2D eigenvalue weighted by Gasteiger charge is 2.27. The summed E-state index contributed by atoms with van der Waals surface area (Å²) in [6.07, 6.45) is 12.4. The molecule has 2 saturated heterocycles. The summed E-state index contributed by atoms with van der Waals surface area (Å²) in [5.74, 6) is 0. The van der Waals surface area contributed by atoms with Crippen LogP contribution in [0.5, 0.6) is 0 Å². The van der Waals surface area contributed by atoms with Crippen molar-refractivity contribution in [3.05, 3.63) is 36.3 Å². The molecule has 0 atom stereocenters. The van der Waals surface area contributed by atoms with Gasteiger partial charge in [0.25, 0.3) is 0 Å². The number of rotatable bonds is 3. The molecule has 5 heterocycles. The Morgan fingerprint density at radius 2 is 1.86 bits per heavy atom. The highest BCUT2D eigenvalue weighted by molar-refractivity contribution is 7.22. The molecule has 0 unspecified atom stereocenters. The molecule has 5 nitrogen and oxygen atoms in total. The number of aryl methyl sites for hydroxylation is 1. The van der Waals surface area contributed by atoms with Gasteiger partial charge in [0.05, 0.1) is 4.70 Å². The Kier molecular flexibility index (Phi) is 4.99. The summed E-state index contributed by atoms with van der Waals surface area (Å²) in [7, 11) is 0. The smallest absolute Gasteiger partial charge is 0.188 e. The molecule has 2 aliphatic rings. The average molecular weight is 394 g/mol. The summed E-state index contributed by atoms with van der Waals surface area (Å²) >= 11 is 1.77. The van der Waals surface area contributed by atoms with E-state index in [1.54, 1.807) is 11.3 Å². The van der Waals surface area contributed by atoms with Gasteiger partial charge < -0.3 is 9.80 Å². The molecule has 2 aliphatic heterocycles. The van der Waals surface area contributed by atoms with Crippen LogP contribution in [0.25, 0.3) is 21.5 Å². The summed E-state index contributed by atoms with van der Waals surface area (Å²) in [6, 6.07) is 5.03. The molecule has 6 heteroatoms. The minimum absolute atomic E-state index is 0.768. The van der Waals surface area contributed by atoms with Gasteiger partial charge in [0, 0.05) is 48.8 Å². The number of piperidine rings is 2.